The van der Waals surface area contributed by atoms with E-state index in [-0.39, 0.29) is 29.7 Å². The van der Waals surface area contributed by atoms with Gasteiger partial charge in [-0.05, 0) is 96.9 Å². The quantitative estimate of drug-likeness (QED) is 0.0798. The van der Waals surface area contributed by atoms with Crippen molar-refractivity contribution in [2.45, 2.75) is 30.1 Å². The van der Waals surface area contributed by atoms with Crippen molar-refractivity contribution in [3.05, 3.63) is 161 Å². The van der Waals surface area contributed by atoms with Gasteiger partial charge in [0.2, 0.25) is 11.8 Å². The third-order valence-corrected chi connectivity index (χ3v) is 9.19. The maximum absolute atomic E-state index is 13.6. The summed E-state index contributed by atoms with van der Waals surface area (Å²) in [5.74, 6) is -1.07. The van der Waals surface area contributed by atoms with Gasteiger partial charge in [-0.15, -0.1) is 11.8 Å². The summed E-state index contributed by atoms with van der Waals surface area (Å²) in [6.45, 7) is 1.87. The topological polar surface area (TPSA) is 122 Å². The molecule has 0 radical (unpaired) electrons. The van der Waals surface area contributed by atoms with E-state index in [1.807, 2.05) is 30.3 Å². The summed E-state index contributed by atoms with van der Waals surface area (Å²) in [5, 5.41) is 4.96. The fourth-order valence-electron chi connectivity index (χ4n) is 5.30. The molecule has 1 atom stereocenters. The smallest absolute Gasteiger partial charge is 0.272 e. The van der Waals surface area contributed by atoms with Crippen molar-refractivity contribution >= 4 is 58.6 Å². The highest BCUT2D eigenvalue weighted by molar-refractivity contribution is 8.00. The largest absolute Gasteiger partial charge is 0.489 e. The number of ketones is 1. The van der Waals surface area contributed by atoms with Gasteiger partial charge in [-0.25, -0.2) is 4.90 Å². The molecular weight excluding hydrogens is 663 g/mol. The van der Waals surface area contributed by atoms with Crippen LogP contribution in [-0.4, -0.2) is 34.7 Å². The molecular formula is C41H33N3O6S. The molecule has 9 nitrogen and oxygen atoms in total. The Kier molecular flexibility index (Phi) is 10.8. The average molecular weight is 696 g/mol. The summed E-state index contributed by atoms with van der Waals surface area (Å²) < 4.78 is 5.88. The van der Waals surface area contributed by atoms with E-state index in [0.717, 1.165) is 15.4 Å². The number of thioether (sulfide) groups is 1. The zero-order chi connectivity index (χ0) is 35.7. The summed E-state index contributed by atoms with van der Waals surface area (Å²) in [6, 6.07) is 38.9. The Balaban J connectivity index is 1.12. The highest BCUT2D eigenvalue weighted by Crippen LogP contribution is 2.34. The van der Waals surface area contributed by atoms with Crippen LogP contribution in [0.5, 0.6) is 5.75 Å². The average Bonchev–Trinajstić information content (AvgIpc) is 3.43. The lowest BCUT2D eigenvalue weighted by Gasteiger charge is -2.15. The maximum Gasteiger partial charge on any atom is 0.272 e. The van der Waals surface area contributed by atoms with E-state index >= 15 is 0 Å². The molecule has 1 aliphatic rings. The van der Waals surface area contributed by atoms with Crippen molar-refractivity contribution in [1.29, 1.82) is 0 Å². The van der Waals surface area contributed by atoms with Gasteiger partial charge in [-0.2, -0.15) is 0 Å². The molecule has 0 saturated carbocycles. The molecule has 4 amide bonds. The summed E-state index contributed by atoms with van der Waals surface area (Å²) in [7, 11) is 0. The highest BCUT2D eigenvalue weighted by Gasteiger charge is 2.40. The molecule has 1 saturated heterocycles. The lowest BCUT2D eigenvalue weighted by Crippen LogP contribution is -2.31. The van der Waals surface area contributed by atoms with E-state index in [2.05, 4.69) is 10.6 Å². The molecule has 1 aliphatic heterocycles. The Morgan fingerprint density at radius 2 is 1.43 bits per heavy atom. The minimum Gasteiger partial charge on any atom is -0.489 e. The normalized spacial score (nSPS) is 14.3. The summed E-state index contributed by atoms with van der Waals surface area (Å²) in [4.78, 5) is 66.1. The molecule has 2 N–H and O–H groups in total. The lowest BCUT2D eigenvalue weighted by atomic mass is 10.1. The highest BCUT2D eigenvalue weighted by atomic mass is 32.2. The van der Waals surface area contributed by atoms with Gasteiger partial charge in [0.15, 0.2) is 5.78 Å². The van der Waals surface area contributed by atoms with E-state index < -0.39 is 17.1 Å². The number of carbonyl (C=O) groups is 5. The van der Waals surface area contributed by atoms with Crippen molar-refractivity contribution in [1.82, 2.24) is 5.32 Å². The lowest BCUT2D eigenvalue weighted by molar-refractivity contribution is -0.121. The Bertz CT molecular complexity index is 2080. The van der Waals surface area contributed by atoms with Gasteiger partial charge in [-0.3, -0.25) is 24.0 Å². The maximum atomic E-state index is 13.6. The van der Waals surface area contributed by atoms with E-state index in [0.29, 0.717) is 40.4 Å². The molecule has 0 spiro atoms. The first-order valence-electron chi connectivity index (χ1n) is 16.1. The fourth-order valence-corrected chi connectivity index (χ4v) is 6.36. The number of Topliss-reactive ketones (excluding diaryl/α,β-unsaturated/α-hetero) is 1. The molecule has 10 heteroatoms. The van der Waals surface area contributed by atoms with Crippen LogP contribution in [0.25, 0.3) is 6.08 Å². The number of hydrogen-bond donors (Lipinski definition) is 2. The SMILES string of the molecule is CC(=O)c1ccc(N2C(=O)CC(Sc3ccc(NC(=O)/C(=C/c4ccc(OCc5ccccc5)cc4)NC(=O)c4ccccc4)cc3)C2=O)cc1. The molecule has 1 unspecified atom stereocenters. The first-order valence-corrected chi connectivity index (χ1v) is 17.0. The monoisotopic (exact) mass is 695 g/mol. The Morgan fingerprint density at radius 1 is 0.784 bits per heavy atom. The second-order valence-corrected chi connectivity index (χ2v) is 13.0. The molecule has 51 heavy (non-hydrogen) atoms. The number of rotatable bonds is 12. The number of nitrogens with zero attached hydrogens (tertiary/aromatic N) is 1. The van der Waals surface area contributed by atoms with Crippen LogP contribution in [0.3, 0.4) is 0 Å². The van der Waals surface area contributed by atoms with E-state index in [4.69, 9.17) is 4.74 Å². The number of nitrogens with one attached hydrogen (secondary N) is 2. The van der Waals surface area contributed by atoms with Crippen LogP contribution in [0, 0.1) is 0 Å². The Labute approximate surface area is 299 Å². The number of carbonyl (C=O) groups excluding carboxylic acids is 5. The molecule has 5 aromatic carbocycles. The van der Waals surface area contributed by atoms with Gasteiger partial charge >= 0.3 is 0 Å². The third kappa shape index (κ3) is 8.86. The predicted molar refractivity (Wildman–Crippen MR) is 197 cm³/mol. The van der Waals surface area contributed by atoms with Crippen LogP contribution in [-0.2, 0) is 21.0 Å². The summed E-state index contributed by atoms with van der Waals surface area (Å²) in [5.41, 5.74) is 3.53. The molecule has 1 fully saturated rings. The zero-order valence-electron chi connectivity index (χ0n) is 27.6. The van der Waals surface area contributed by atoms with Crippen molar-refractivity contribution in [3.63, 3.8) is 0 Å². The van der Waals surface area contributed by atoms with Crippen LogP contribution >= 0.6 is 11.8 Å². The van der Waals surface area contributed by atoms with Crippen LogP contribution < -0.4 is 20.3 Å². The zero-order valence-corrected chi connectivity index (χ0v) is 28.4. The standard InChI is InChI=1S/C41H33N3O6S/c1-27(45)30-14-18-33(19-15-30)44-38(46)25-37(41(44)49)51-35-22-16-32(17-23-35)42-40(48)36(43-39(47)31-10-6-3-7-11-31)24-28-12-20-34(21-13-28)50-26-29-8-4-2-5-9-29/h2-24,37H,25-26H2,1H3,(H,42,48)(H,43,47)/b36-24-. The third-order valence-electron chi connectivity index (χ3n) is 8.00. The van der Waals surface area contributed by atoms with E-state index in [1.54, 1.807) is 109 Å². The molecule has 6 rings (SSSR count). The number of ether oxygens (including phenoxy) is 1. The van der Waals surface area contributed by atoms with E-state index in [9.17, 15) is 24.0 Å². The molecule has 0 bridgehead atoms. The van der Waals surface area contributed by atoms with Crippen LogP contribution in [0.15, 0.2) is 144 Å². The first-order chi connectivity index (χ1) is 24.7. The number of benzene rings is 5. The van der Waals surface area contributed by atoms with Crippen molar-refractivity contribution in [2.24, 2.45) is 0 Å². The second-order valence-electron chi connectivity index (χ2n) is 11.7. The predicted octanol–water partition coefficient (Wildman–Crippen LogP) is 7.30. The van der Waals surface area contributed by atoms with Crippen LogP contribution in [0.2, 0.25) is 0 Å². The first kappa shape index (κ1) is 34.6. The number of amides is 4. The van der Waals surface area contributed by atoms with Gasteiger partial charge in [0.05, 0.1) is 10.9 Å². The minimum absolute atomic E-state index is 0.0336. The second kappa shape index (κ2) is 16.0. The summed E-state index contributed by atoms with van der Waals surface area (Å²) >= 11 is 1.26. The van der Waals surface area contributed by atoms with Crippen LogP contribution in [0.1, 0.15) is 45.2 Å². The van der Waals surface area contributed by atoms with Gasteiger partial charge in [0.25, 0.3) is 11.8 Å². The number of imide groups is 1. The molecule has 0 aromatic heterocycles. The van der Waals surface area contributed by atoms with Crippen LogP contribution in [0.4, 0.5) is 11.4 Å². The van der Waals surface area contributed by atoms with Crippen molar-refractivity contribution in [3.8, 4) is 5.75 Å². The van der Waals surface area contributed by atoms with Crippen molar-refractivity contribution in [2.75, 3.05) is 10.2 Å². The van der Waals surface area contributed by atoms with Gasteiger partial charge in [-0.1, -0.05) is 60.7 Å². The molecule has 254 valence electrons. The molecule has 0 aliphatic carbocycles. The molecule has 1 heterocycles. The van der Waals surface area contributed by atoms with Gasteiger partial charge in [0.1, 0.15) is 18.1 Å². The number of anilines is 2. The van der Waals surface area contributed by atoms with Crippen molar-refractivity contribution < 1.29 is 28.7 Å². The van der Waals surface area contributed by atoms with Gasteiger partial charge in [0, 0.05) is 28.1 Å². The molecule has 5 aromatic rings. The van der Waals surface area contributed by atoms with E-state index in [1.165, 1.54) is 18.7 Å². The fraction of sp³-hybridized carbons (Fsp3) is 0.0976. The number of hydrogen-bond acceptors (Lipinski definition) is 7. The summed E-state index contributed by atoms with van der Waals surface area (Å²) in [6.07, 6.45) is 1.62. The van der Waals surface area contributed by atoms with Gasteiger partial charge < -0.3 is 15.4 Å². The minimum atomic E-state index is -0.622. The Morgan fingerprint density at radius 3 is 2.08 bits per heavy atom. The Hall–Kier alpha value is -6.26.